The molecule has 3 rings (SSSR count). The largest absolute Gasteiger partial charge is 0.327 e. The van der Waals surface area contributed by atoms with Crippen molar-refractivity contribution in [3.05, 3.63) is 47.3 Å². The van der Waals surface area contributed by atoms with Crippen molar-refractivity contribution in [3.8, 4) is 11.4 Å². The monoisotopic (exact) mass is 266 g/mol. The number of hydrogen-bond donors (Lipinski definition) is 1. The summed E-state index contributed by atoms with van der Waals surface area (Å²) in [6.45, 7) is 4.52. The van der Waals surface area contributed by atoms with Crippen LogP contribution in [0.1, 0.15) is 17.0 Å². The molecular formula is C16H18N4. The molecule has 0 aliphatic heterocycles. The van der Waals surface area contributed by atoms with Gasteiger partial charge in [-0.2, -0.15) is 0 Å². The van der Waals surface area contributed by atoms with Gasteiger partial charge in [-0.1, -0.05) is 12.1 Å². The minimum Gasteiger partial charge on any atom is -0.327 e. The Bertz CT molecular complexity index is 787. The molecule has 0 amide bonds. The lowest BCUT2D eigenvalue weighted by Crippen LogP contribution is -1.97. The number of para-hydroxylation sites is 1. The summed E-state index contributed by atoms with van der Waals surface area (Å²) in [6, 6.07) is 10.2. The molecule has 0 atom stereocenters. The molecule has 4 nitrogen and oxygen atoms in total. The van der Waals surface area contributed by atoms with E-state index in [-0.39, 0.29) is 0 Å². The normalized spacial score (nSPS) is 11.2. The predicted molar refractivity (Wildman–Crippen MR) is 81.3 cm³/mol. The molecule has 2 aromatic heterocycles. The maximum absolute atomic E-state index is 5.80. The van der Waals surface area contributed by atoms with Gasteiger partial charge in [0.25, 0.3) is 0 Å². The van der Waals surface area contributed by atoms with Crippen LogP contribution >= 0.6 is 0 Å². The maximum Gasteiger partial charge on any atom is 0.142 e. The van der Waals surface area contributed by atoms with Crippen LogP contribution in [0.25, 0.3) is 22.4 Å². The molecule has 4 heteroatoms. The molecule has 0 aliphatic carbocycles. The molecule has 0 aliphatic rings. The minimum absolute atomic E-state index is 0.499. The van der Waals surface area contributed by atoms with Gasteiger partial charge in [-0.05, 0) is 37.6 Å². The van der Waals surface area contributed by atoms with Crippen LogP contribution in [0.15, 0.2) is 30.3 Å². The summed E-state index contributed by atoms with van der Waals surface area (Å²) in [7, 11) is 2.03. The second-order valence-corrected chi connectivity index (χ2v) is 5.07. The van der Waals surface area contributed by atoms with E-state index in [0.717, 1.165) is 39.4 Å². The molecule has 0 spiro atoms. The number of imidazole rings is 1. The van der Waals surface area contributed by atoms with Crippen LogP contribution in [-0.4, -0.2) is 14.5 Å². The summed E-state index contributed by atoms with van der Waals surface area (Å²) in [5.41, 5.74) is 12.0. The quantitative estimate of drug-likeness (QED) is 0.776. The predicted octanol–water partition coefficient (Wildman–Crippen LogP) is 2.71. The van der Waals surface area contributed by atoms with Gasteiger partial charge in [0.2, 0.25) is 0 Å². The van der Waals surface area contributed by atoms with Gasteiger partial charge in [0.05, 0.1) is 11.0 Å². The number of rotatable bonds is 2. The van der Waals surface area contributed by atoms with Gasteiger partial charge in [0.1, 0.15) is 5.82 Å². The Balaban J connectivity index is 2.29. The van der Waals surface area contributed by atoms with Crippen molar-refractivity contribution in [1.29, 1.82) is 0 Å². The van der Waals surface area contributed by atoms with Gasteiger partial charge >= 0.3 is 0 Å². The average molecular weight is 266 g/mol. The topological polar surface area (TPSA) is 56.7 Å². The molecule has 0 saturated heterocycles. The zero-order valence-corrected chi connectivity index (χ0v) is 12.0. The Labute approximate surface area is 118 Å². The molecule has 0 bridgehead atoms. The number of benzene rings is 1. The first-order valence-electron chi connectivity index (χ1n) is 6.71. The third-order valence-corrected chi connectivity index (χ3v) is 3.68. The Kier molecular flexibility index (Phi) is 3.03. The van der Waals surface area contributed by atoms with Gasteiger partial charge in [0, 0.05) is 30.5 Å². The van der Waals surface area contributed by atoms with E-state index in [2.05, 4.69) is 21.7 Å². The van der Waals surface area contributed by atoms with E-state index in [1.165, 1.54) is 0 Å². The minimum atomic E-state index is 0.499. The first-order chi connectivity index (χ1) is 9.61. The Morgan fingerprint density at radius 2 is 1.90 bits per heavy atom. The summed E-state index contributed by atoms with van der Waals surface area (Å²) in [4.78, 5) is 9.31. The van der Waals surface area contributed by atoms with Crippen LogP contribution in [0.5, 0.6) is 0 Å². The Morgan fingerprint density at radius 1 is 1.10 bits per heavy atom. The van der Waals surface area contributed by atoms with Crippen molar-refractivity contribution in [2.75, 3.05) is 0 Å². The summed E-state index contributed by atoms with van der Waals surface area (Å²) >= 11 is 0. The van der Waals surface area contributed by atoms with E-state index in [1.54, 1.807) is 0 Å². The van der Waals surface area contributed by atoms with E-state index in [4.69, 9.17) is 10.7 Å². The van der Waals surface area contributed by atoms with Crippen LogP contribution in [-0.2, 0) is 13.6 Å². The summed E-state index contributed by atoms with van der Waals surface area (Å²) < 4.78 is 2.10. The number of fused-ring (bicyclic) bond motifs is 1. The zero-order chi connectivity index (χ0) is 14.3. The van der Waals surface area contributed by atoms with Gasteiger partial charge in [0.15, 0.2) is 0 Å². The third kappa shape index (κ3) is 1.89. The summed E-state index contributed by atoms with van der Waals surface area (Å²) in [5.74, 6) is 0.936. The standard InChI is InChI=1S/C16H18N4/c1-10-7-8-13(11(2)18-10)16-19-15-12(9-17)5-4-6-14(15)20(16)3/h4-8H,9,17H2,1-3H3. The zero-order valence-electron chi connectivity index (χ0n) is 12.0. The molecule has 20 heavy (non-hydrogen) atoms. The smallest absolute Gasteiger partial charge is 0.142 e. The summed E-state index contributed by atoms with van der Waals surface area (Å²) in [5, 5.41) is 0. The second-order valence-electron chi connectivity index (χ2n) is 5.07. The fourth-order valence-corrected chi connectivity index (χ4v) is 2.60. The van der Waals surface area contributed by atoms with Gasteiger partial charge < -0.3 is 10.3 Å². The number of hydrogen-bond acceptors (Lipinski definition) is 3. The molecule has 0 saturated carbocycles. The first kappa shape index (κ1) is 12.8. The highest BCUT2D eigenvalue weighted by Gasteiger charge is 2.14. The lowest BCUT2D eigenvalue weighted by Gasteiger charge is -2.06. The molecule has 2 heterocycles. The highest BCUT2D eigenvalue weighted by atomic mass is 15.1. The van der Waals surface area contributed by atoms with Crippen LogP contribution < -0.4 is 5.73 Å². The fourth-order valence-electron chi connectivity index (χ4n) is 2.60. The summed E-state index contributed by atoms with van der Waals surface area (Å²) in [6.07, 6.45) is 0. The number of aryl methyl sites for hydroxylation is 3. The van der Waals surface area contributed by atoms with Crippen LogP contribution in [0.3, 0.4) is 0 Å². The number of aromatic nitrogens is 3. The molecular weight excluding hydrogens is 248 g/mol. The van der Waals surface area contributed by atoms with E-state index in [0.29, 0.717) is 6.54 Å². The third-order valence-electron chi connectivity index (χ3n) is 3.68. The van der Waals surface area contributed by atoms with Crippen molar-refractivity contribution in [2.45, 2.75) is 20.4 Å². The second kappa shape index (κ2) is 4.72. The van der Waals surface area contributed by atoms with Crippen molar-refractivity contribution < 1.29 is 0 Å². The highest BCUT2D eigenvalue weighted by Crippen LogP contribution is 2.27. The molecule has 3 aromatic rings. The van der Waals surface area contributed by atoms with Crippen LogP contribution in [0.4, 0.5) is 0 Å². The lowest BCUT2D eigenvalue weighted by molar-refractivity contribution is 0.951. The van der Waals surface area contributed by atoms with Crippen LogP contribution in [0, 0.1) is 13.8 Å². The van der Waals surface area contributed by atoms with Gasteiger partial charge in [-0.15, -0.1) is 0 Å². The van der Waals surface area contributed by atoms with E-state index in [9.17, 15) is 0 Å². The Morgan fingerprint density at radius 3 is 2.60 bits per heavy atom. The van der Waals surface area contributed by atoms with Crippen molar-refractivity contribution >= 4 is 11.0 Å². The van der Waals surface area contributed by atoms with Gasteiger partial charge in [-0.3, -0.25) is 4.98 Å². The van der Waals surface area contributed by atoms with Crippen molar-refractivity contribution in [1.82, 2.24) is 14.5 Å². The maximum atomic E-state index is 5.80. The molecule has 102 valence electrons. The molecule has 1 aromatic carbocycles. The van der Waals surface area contributed by atoms with Crippen molar-refractivity contribution in [2.24, 2.45) is 12.8 Å². The van der Waals surface area contributed by atoms with Gasteiger partial charge in [-0.25, -0.2) is 4.98 Å². The van der Waals surface area contributed by atoms with E-state index >= 15 is 0 Å². The molecule has 0 unspecified atom stereocenters. The van der Waals surface area contributed by atoms with E-state index in [1.807, 2.05) is 39.1 Å². The highest BCUT2D eigenvalue weighted by molar-refractivity contribution is 5.83. The number of nitrogens with two attached hydrogens (primary N) is 1. The van der Waals surface area contributed by atoms with Crippen LogP contribution in [0.2, 0.25) is 0 Å². The SMILES string of the molecule is Cc1ccc(-c2nc3c(CN)cccc3n2C)c(C)n1. The first-order valence-corrected chi connectivity index (χ1v) is 6.71. The fraction of sp³-hybridized carbons (Fsp3) is 0.250. The number of pyridine rings is 1. The lowest BCUT2D eigenvalue weighted by atomic mass is 10.2. The molecule has 0 fully saturated rings. The van der Waals surface area contributed by atoms with E-state index < -0.39 is 0 Å². The number of nitrogens with zero attached hydrogens (tertiary/aromatic N) is 3. The van der Waals surface area contributed by atoms with Crippen molar-refractivity contribution in [3.63, 3.8) is 0 Å². The molecule has 0 radical (unpaired) electrons. The molecule has 2 N–H and O–H groups in total. The average Bonchev–Trinajstić information content (AvgIpc) is 2.76. The Hall–Kier alpha value is -2.20.